The normalized spacial score (nSPS) is 11.8. The van der Waals surface area contributed by atoms with E-state index in [1.165, 1.54) is 11.3 Å². The number of rotatable bonds is 6. The molecule has 0 spiro atoms. The van der Waals surface area contributed by atoms with Crippen LogP contribution in [0.2, 0.25) is 0 Å². The minimum atomic E-state index is -3.56. The van der Waals surface area contributed by atoms with Crippen molar-refractivity contribution in [2.24, 2.45) is 0 Å². The Morgan fingerprint density at radius 3 is 2.52 bits per heavy atom. The van der Waals surface area contributed by atoms with Crippen LogP contribution in [0, 0.1) is 0 Å². The van der Waals surface area contributed by atoms with Crippen molar-refractivity contribution in [1.29, 1.82) is 0 Å². The average Bonchev–Trinajstić information content (AvgIpc) is 2.84. The molecule has 0 saturated carbocycles. The van der Waals surface area contributed by atoms with Gasteiger partial charge in [0.05, 0.1) is 4.90 Å². The van der Waals surface area contributed by atoms with E-state index in [9.17, 15) is 8.42 Å². The highest BCUT2D eigenvalue weighted by Crippen LogP contribution is 2.25. The van der Waals surface area contributed by atoms with Crippen molar-refractivity contribution in [1.82, 2.24) is 10.0 Å². The van der Waals surface area contributed by atoms with Crippen LogP contribution in [0.3, 0.4) is 0 Å². The molecule has 0 radical (unpaired) electrons. The maximum Gasteiger partial charge on any atom is 0.242 e. The second-order valence-corrected chi connectivity index (χ2v) is 8.76. The molecule has 2 N–H and O–H groups in total. The van der Waals surface area contributed by atoms with Crippen molar-refractivity contribution >= 4 is 53.2 Å². The zero-order chi connectivity index (χ0) is 15.5. The number of benzene rings is 1. The summed E-state index contributed by atoms with van der Waals surface area (Å²) in [4.78, 5) is 1.20. The molecule has 0 amide bonds. The summed E-state index contributed by atoms with van der Waals surface area (Å²) in [6.45, 7) is 0.884. The molecule has 21 heavy (non-hydrogen) atoms. The molecular weight excluding hydrogens is 440 g/mol. The van der Waals surface area contributed by atoms with Gasteiger partial charge in [0.25, 0.3) is 0 Å². The van der Waals surface area contributed by atoms with E-state index in [0.717, 1.165) is 14.9 Å². The van der Waals surface area contributed by atoms with E-state index in [1.807, 2.05) is 24.6 Å². The number of sulfonamides is 1. The van der Waals surface area contributed by atoms with E-state index < -0.39 is 10.0 Å². The number of nitrogens with one attached hydrogen (secondary N) is 2. The highest BCUT2D eigenvalue weighted by molar-refractivity contribution is 9.10. The Kier molecular flexibility index (Phi) is 5.98. The lowest BCUT2D eigenvalue weighted by Gasteiger charge is -2.10. The largest absolute Gasteiger partial charge is 0.316 e. The summed E-state index contributed by atoms with van der Waals surface area (Å²) in [5.41, 5.74) is 0.915. The molecule has 0 unspecified atom stereocenters. The Hall–Kier alpha value is -0.250. The highest BCUT2D eigenvalue weighted by atomic mass is 79.9. The minimum Gasteiger partial charge on any atom is -0.316 e. The van der Waals surface area contributed by atoms with Crippen molar-refractivity contribution in [3.63, 3.8) is 0 Å². The zero-order valence-electron chi connectivity index (χ0n) is 11.2. The van der Waals surface area contributed by atoms with Crippen molar-refractivity contribution < 1.29 is 8.42 Å². The summed E-state index contributed by atoms with van der Waals surface area (Å²) >= 11 is 8.20. The number of hydrogen-bond acceptors (Lipinski definition) is 4. The van der Waals surface area contributed by atoms with Crippen molar-refractivity contribution in [2.75, 3.05) is 7.05 Å². The fraction of sp³-hybridized carbons (Fsp3) is 0.231. The van der Waals surface area contributed by atoms with Gasteiger partial charge in [-0.2, -0.15) is 0 Å². The van der Waals surface area contributed by atoms with E-state index >= 15 is 0 Å². The lowest BCUT2D eigenvalue weighted by atomic mass is 10.2. The number of thiophene rings is 1. The third kappa shape index (κ3) is 4.37. The first-order valence-corrected chi connectivity index (χ1v) is 10.0. The van der Waals surface area contributed by atoms with E-state index in [4.69, 9.17) is 0 Å². The van der Waals surface area contributed by atoms with Crippen LogP contribution in [-0.4, -0.2) is 15.5 Å². The maximum absolute atomic E-state index is 12.4. The molecule has 114 valence electrons. The summed E-state index contributed by atoms with van der Waals surface area (Å²) < 4.78 is 29.0. The third-order valence-corrected chi connectivity index (χ3v) is 7.10. The summed E-state index contributed by atoms with van der Waals surface area (Å²) in [6, 6.07) is 7.21. The zero-order valence-corrected chi connectivity index (χ0v) is 16.0. The molecule has 0 bridgehead atoms. The Labute approximate surface area is 145 Å². The van der Waals surface area contributed by atoms with Gasteiger partial charge in [0.15, 0.2) is 0 Å². The predicted octanol–water partition coefficient (Wildman–Crippen LogP) is 3.47. The summed E-state index contributed by atoms with van der Waals surface area (Å²) in [5, 5.41) is 4.92. The maximum atomic E-state index is 12.4. The van der Waals surface area contributed by atoms with Gasteiger partial charge in [-0.3, -0.25) is 0 Å². The summed E-state index contributed by atoms with van der Waals surface area (Å²) in [6.07, 6.45) is 0. The highest BCUT2D eigenvalue weighted by Gasteiger charge is 2.18. The molecule has 4 nitrogen and oxygen atoms in total. The number of hydrogen-bond donors (Lipinski definition) is 2. The molecule has 0 aliphatic heterocycles. The average molecular weight is 454 g/mol. The SMILES string of the molecule is CNCc1ccc(Br)c(S(=O)(=O)NCc2sccc2Br)c1. The molecular formula is C13H14Br2N2O2S2. The quantitative estimate of drug-likeness (QED) is 0.703. The van der Waals surface area contributed by atoms with Crippen LogP contribution in [-0.2, 0) is 23.1 Å². The van der Waals surface area contributed by atoms with Gasteiger partial charge in [0.1, 0.15) is 0 Å². The first-order valence-electron chi connectivity index (χ1n) is 6.08. The van der Waals surface area contributed by atoms with Crippen LogP contribution in [0.15, 0.2) is 43.5 Å². The molecule has 0 fully saturated rings. The van der Waals surface area contributed by atoms with Crippen LogP contribution >= 0.6 is 43.2 Å². The second-order valence-electron chi connectivity index (χ2n) is 4.31. The van der Waals surface area contributed by atoms with E-state index in [2.05, 4.69) is 41.9 Å². The third-order valence-electron chi connectivity index (χ3n) is 2.78. The molecule has 2 rings (SSSR count). The molecule has 0 atom stereocenters. The predicted molar refractivity (Wildman–Crippen MR) is 93.0 cm³/mol. The van der Waals surface area contributed by atoms with Gasteiger partial charge in [-0.1, -0.05) is 6.07 Å². The molecule has 0 aliphatic carbocycles. The van der Waals surface area contributed by atoms with Crippen LogP contribution < -0.4 is 10.0 Å². The van der Waals surface area contributed by atoms with Gasteiger partial charge in [-0.15, -0.1) is 11.3 Å². The van der Waals surface area contributed by atoms with Gasteiger partial charge >= 0.3 is 0 Å². The van der Waals surface area contributed by atoms with Crippen LogP contribution in [0.5, 0.6) is 0 Å². The smallest absolute Gasteiger partial charge is 0.242 e. The Morgan fingerprint density at radius 1 is 1.14 bits per heavy atom. The fourth-order valence-electron chi connectivity index (χ4n) is 1.76. The van der Waals surface area contributed by atoms with Crippen LogP contribution in [0.1, 0.15) is 10.4 Å². The van der Waals surface area contributed by atoms with Gasteiger partial charge in [-0.25, -0.2) is 13.1 Å². The van der Waals surface area contributed by atoms with Crippen LogP contribution in [0.25, 0.3) is 0 Å². The summed E-state index contributed by atoms with van der Waals surface area (Å²) in [7, 11) is -1.74. The number of halogens is 2. The molecule has 2 aromatic rings. The minimum absolute atomic E-state index is 0.253. The van der Waals surface area contributed by atoms with E-state index in [-0.39, 0.29) is 11.4 Å². The van der Waals surface area contributed by atoms with Crippen molar-refractivity contribution in [3.8, 4) is 0 Å². The van der Waals surface area contributed by atoms with Gasteiger partial charge < -0.3 is 5.32 Å². The molecule has 0 saturated heterocycles. The van der Waals surface area contributed by atoms with Crippen molar-refractivity contribution in [2.45, 2.75) is 18.0 Å². The first-order chi connectivity index (χ1) is 9.94. The van der Waals surface area contributed by atoms with Gasteiger partial charge in [-0.05, 0) is 68.1 Å². The van der Waals surface area contributed by atoms with Gasteiger partial charge in [0, 0.05) is 26.9 Å². The lowest BCUT2D eigenvalue weighted by molar-refractivity contribution is 0.581. The van der Waals surface area contributed by atoms with E-state index in [1.54, 1.807) is 12.1 Å². The van der Waals surface area contributed by atoms with Crippen LogP contribution in [0.4, 0.5) is 0 Å². The molecule has 8 heteroatoms. The second kappa shape index (κ2) is 7.34. The fourth-order valence-corrected chi connectivity index (χ4v) is 5.29. The molecule has 0 aliphatic rings. The molecule has 1 aromatic carbocycles. The lowest BCUT2D eigenvalue weighted by Crippen LogP contribution is -2.23. The summed E-state index contributed by atoms with van der Waals surface area (Å²) in [5.74, 6) is 0. The Balaban J connectivity index is 2.22. The Morgan fingerprint density at radius 2 is 1.90 bits per heavy atom. The monoisotopic (exact) mass is 452 g/mol. The standard InChI is InChI=1S/C13H14Br2N2O2S2/c1-16-7-9-2-3-11(15)13(6-9)21(18,19)17-8-12-10(14)4-5-20-12/h2-6,16-17H,7-8H2,1H3. The molecule has 1 heterocycles. The molecule has 1 aromatic heterocycles. The van der Waals surface area contributed by atoms with Gasteiger partial charge in [0.2, 0.25) is 10.0 Å². The van der Waals surface area contributed by atoms with E-state index in [0.29, 0.717) is 11.0 Å². The Bertz CT molecular complexity index is 730. The van der Waals surface area contributed by atoms with Crippen molar-refractivity contribution in [3.05, 3.63) is 49.0 Å². The topological polar surface area (TPSA) is 58.2 Å². The first kappa shape index (κ1) is 17.1.